The molecule has 0 radical (unpaired) electrons. The molecule has 4 nitrogen and oxygen atoms in total. The molecular weight excluding hydrogens is 627 g/mol. The van der Waals surface area contributed by atoms with E-state index in [4.69, 9.17) is 0 Å². The van der Waals surface area contributed by atoms with Gasteiger partial charge in [0.1, 0.15) is 0 Å². The van der Waals surface area contributed by atoms with Crippen molar-refractivity contribution in [2.24, 2.45) is 0 Å². The average molecular weight is 714 g/mol. The summed E-state index contributed by atoms with van der Waals surface area (Å²) < 4.78 is 0. The molecule has 0 fully saturated rings. The van der Waals surface area contributed by atoms with Crippen molar-refractivity contribution in [3.63, 3.8) is 0 Å². The van der Waals surface area contributed by atoms with Gasteiger partial charge < -0.3 is 15.5 Å². The molecule has 0 spiro atoms. The molecule has 0 saturated carbocycles. The predicted octanol–water partition coefficient (Wildman–Crippen LogP) is 14.0. The van der Waals surface area contributed by atoms with Crippen LogP contribution in [0.3, 0.4) is 0 Å². The van der Waals surface area contributed by atoms with Crippen LogP contribution in [0.5, 0.6) is 0 Å². The maximum absolute atomic E-state index is 12.4. The summed E-state index contributed by atoms with van der Waals surface area (Å²) in [6.07, 6.45) is 57.9. The Morgan fingerprint density at radius 3 is 1.25 bits per heavy atom. The summed E-state index contributed by atoms with van der Waals surface area (Å²) in [4.78, 5) is 12.4. The Labute approximate surface area is 318 Å². The van der Waals surface area contributed by atoms with Crippen LogP contribution in [0.15, 0.2) is 48.6 Å². The minimum absolute atomic E-state index is 0.0786. The van der Waals surface area contributed by atoms with E-state index in [1.165, 1.54) is 167 Å². The van der Waals surface area contributed by atoms with Gasteiger partial charge in [-0.1, -0.05) is 204 Å². The van der Waals surface area contributed by atoms with Crippen LogP contribution in [-0.2, 0) is 4.79 Å². The van der Waals surface area contributed by atoms with Crippen molar-refractivity contribution in [1.29, 1.82) is 0 Å². The monoisotopic (exact) mass is 714 g/mol. The minimum Gasteiger partial charge on any atom is -0.394 e. The number of allylic oxidation sites excluding steroid dienone is 7. The first kappa shape index (κ1) is 49.4. The first-order valence-corrected chi connectivity index (χ1v) is 22.4. The highest BCUT2D eigenvalue weighted by Gasteiger charge is 2.17. The quantitative estimate of drug-likeness (QED) is 0.0437. The second kappa shape index (κ2) is 42.8. The van der Waals surface area contributed by atoms with Crippen LogP contribution < -0.4 is 5.32 Å². The lowest BCUT2D eigenvalue weighted by Gasteiger charge is -2.19. The van der Waals surface area contributed by atoms with E-state index >= 15 is 0 Å². The van der Waals surface area contributed by atoms with Crippen LogP contribution in [0.1, 0.15) is 226 Å². The Kier molecular flexibility index (Phi) is 41.4. The van der Waals surface area contributed by atoms with Gasteiger partial charge in [0.05, 0.1) is 18.8 Å². The average Bonchev–Trinajstić information content (AvgIpc) is 3.13. The fraction of sp³-hybridized carbons (Fsp3) is 0.809. The third-order valence-electron chi connectivity index (χ3n) is 10.0. The third kappa shape index (κ3) is 39.4. The number of rotatable bonds is 40. The van der Waals surface area contributed by atoms with Gasteiger partial charge >= 0.3 is 0 Å². The predicted molar refractivity (Wildman–Crippen MR) is 225 cm³/mol. The highest BCUT2D eigenvalue weighted by atomic mass is 16.3. The van der Waals surface area contributed by atoms with Crippen molar-refractivity contribution >= 4 is 5.91 Å². The molecule has 2 unspecified atom stereocenters. The number of unbranched alkanes of at least 4 members (excludes halogenated alkanes) is 27. The van der Waals surface area contributed by atoms with E-state index in [9.17, 15) is 15.0 Å². The standard InChI is InChI=1S/C47H87NO3/c1-3-5-7-9-11-13-15-17-19-21-23-24-25-27-29-31-33-35-37-39-41-43-47(51)48-45(44-49)46(50)42-40-38-36-34-32-30-28-26-22-20-18-16-14-12-10-8-6-4-2/h15,17,21,23,32,34,40,42,45-46,49-50H,3-14,16,18-20,22,24-31,33,35-39,41,43-44H2,1-2H3,(H,48,51)/b17-15-,23-21-,34-32+,42-40+. The van der Waals surface area contributed by atoms with Gasteiger partial charge in [-0.15, -0.1) is 0 Å². The molecule has 0 aliphatic rings. The number of aliphatic hydroxyl groups excluding tert-OH is 2. The highest BCUT2D eigenvalue weighted by Crippen LogP contribution is 2.14. The topological polar surface area (TPSA) is 69.6 Å². The number of carbonyl (C=O) groups excluding carboxylic acids is 1. The highest BCUT2D eigenvalue weighted by molar-refractivity contribution is 5.76. The Morgan fingerprint density at radius 1 is 0.471 bits per heavy atom. The van der Waals surface area contributed by atoms with Gasteiger partial charge in [0, 0.05) is 6.42 Å². The van der Waals surface area contributed by atoms with Gasteiger partial charge in [0.2, 0.25) is 5.91 Å². The Bertz CT molecular complexity index is 816. The van der Waals surface area contributed by atoms with Gasteiger partial charge in [0.25, 0.3) is 0 Å². The fourth-order valence-electron chi connectivity index (χ4n) is 6.58. The van der Waals surface area contributed by atoms with Crippen molar-refractivity contribution in [1.82, 2.24) is 5.32 Å². The number of hydrogen-bond acceptors (Lipinski definition) is 3. The first-order chi connectivity index (χ1) is 25.2. The summed E-state index contributed by atoms with van der Waals surface area (Å²) in [7, 11) is 0. The van der Waals surface area contributed by atoms with Gasteiger partial charge in [0.15, 0.2) is 0 Å². The second-order valence-electron chi connectivity index (χ2n) is 15.1. The van der Waals surface area contributed by atoms with Crippen molar-refractivity contribution in [3.8, 4) is 0 Å². The zero-order valence-electron chi connectivity index (χ0n) is 34.1. The van der Waals surface area contributed by atoms with E-state index < -0.39 is 12.1 Å². The van der Waals surface area contributed by atoms with Gasteiger partial charge in [-0.05, 0) is 64.2 Å². The molecule has 0 bridgehead atoms. The molecule has 0 rings (SSSR count). The van der Waals surface area contributed by atoms with Crippen LogP contribution in [0.2, 0.25) is 0 Å². The van der Waals surface area contributed by atoms with E-state index in [1.54, 1.807) is 6.08 Å². The number of carbonyl (C=O) groups is 1. The van der Waals surface area contributed by atoms with Crippen LogP contribution >= 0.6 is 0 Å². The van der Waals surface area contributed by atoms with Gasteiger partial charge in [-0.2, -0.15) is 0 Å². The summed E-state index contributed by atoms with van der Waals surface area (Å²) in [6.45, 7) is 4.29. The van der Waals surface area contributed by atoms with Crippen molar-refractivity contribution < 1.29 is 15.0 Å². The molecule has 1 amide bonds. The Morgan fingerprint density at radius 2 is 0.824 bits per heavy atom. The van der Waals surface area contributed by atoms with Gasteiger partial charge in [-0.25, -0.2) is 0 Å². The molecule has 0 heterocycles. The summed E-state index contributed by atoms with van der Waals surface area (Å²) in [5.74, 6) is -0.0786. The molecule has 0 aromatic heterocycles. The summed E-state index contributed by atoms with van der Waals surface area (Å²) in [5.41, 5.74) is 0. The normalized spacial score (nSPS) is 13.4. The van der Waals surface area contributed by atoms with E-state index in [-0.39, 0.29) is 12.5 Å². The summed E-state index contributed by atoms with van der Waals surface area (Å²) in [6, 6.07) is -0.641. The minimum atomic E-state index is -0.864. The summed E-state index contributed by atoms with van der Waals surface area (Å²) >= 11 is 0. The lowest BCUT2D eigenvalue weighted by molar-refractivity contribution is -0.123. The second-order valence-corrected chi connectivity index (χ2v) is 15.1. The molecule has 51 heavy (non-hydrogen) atoms. The number of aliphatic hydroxyl groups is 2. The number of nitrogens with one attached hydrogen (secondary N) is 1. The number of amides is 1. The lowest BCUT2D eigenvalue weighted by atomic mass is 10.0. The molecule has 0 aliphatic heterocycles. The SMILES string of the molecule is CCCCCCC/C=C\C/C=C\CCCCCCCCCCCC(=O)NC(CO)C(O)/C=C/CC/C=C/CCCCCCCCCCCCCC. The zero-order chi connectivity index (χ0) is 37.1. The van der Waals surface area contributed by atoms with Crippen LogP contribution in [0.25, 0.3) is 0 Å². The van der Waals surface area contributed by atoms with Crippen LogP contribution in [-0.4, -0.2) is 34.9 Å². The van der Waals surface area contributed by atoms with Crippen molar-refractivity contribution in [2.75, 3.05) is 6.61 Å². The van der Waals surface area contributed by atoms with E-state index in [0.29, 0.717) is 6.42 Å². The largest absolute Gasteiger partial charge is 0.394 e. The fourth-order valence-corrected chi connectivity index (χ4v) is 6.58. The lowest BCUT2D eigenvalue weighted by Crippen LogP contribution is -2.45. The molecule has 0 aromatic carbocycles. The summed E-state index contributed by atoms with van der Waals surface area (Å²) in [5, 5.41) is 23.0. The molecule has 0 saturated heterocycles. The molecule has 0 aromatic rings. The van der Waals surface area contributed by atoms with Gasteiger partial charge in [-0.3, -0.25) is 4.79 Å². The van der Waals surface area contributed by atoms with E-state index in [0.717, 1.165) is 38.5 Å². The van der Waals surface area contributed by atoms with Crippen molar-refractivity contribution in [2.45, 2.75) is 238 Å². The smallest absolute Gasteiger partial charge is 0.220 e. The Hall–Kier alpha value is -1.65. The molecular formula is C47H87NO3. The van der Waals surface area contributed by atoms with Crippen LogP contribution in [0.4, 0.5) is 0 Å². The number of hydrogen-bond donors (Lipinski definition) is 3. The molecule has 3 N–H and O–H groups in total. The van der Waals surface area contributed by atoms with Crippen LogP contribution in [0, 0.1) is 0 Å². The maximum Gasteiger partial charge on any atom is 0.220 e. The van der Waals surface area contributed by atoms with Crippen molar-refractivity contribution in [3.05, 3.63) is 48.6 Å². The van der Waals surface area contributed by atoms with E-state index in [2.05, 4.69) is 55.6 Å². The maximum atomic E-state index is 12.4. The molecule has 4 heteroatoms. The third-order valence-corrected chi connectivity index (χ3v) is 10.0. The van der Waals surface area contributed by atoms with E-state index in [1.807, 2.05) is 6.08 Å². The molecule has 298 valence electrons. The molecule has 0 aliphatic carbocycles. The Balaban J connectivity index is 3.62. The first-order valence-electron chi connectivity index (χ1n) is 22.4. The molecule has 2 atom stereocenters. The zero-order valence-corrected chi connectivity index (χ0v) is 34.1.